The van der Waals surface area contributed by atoms with Crippen LogP contribution in [-0.2, 0) is 4.79 Å². The number of nitrogens with one attached hydrogen (secondary N) is 1. The Hall–Kier alpha value is -1.01. The van der Waals surface area contributed by atoms with Crippen molar-refractivity contribution >= 4 is 29.4 Å². The maximum atomic E-state index is 12.4. The van der Waals surface area contributed by atoms with E-state index in [9.17, 15) is 4.79 Å². The van der Waals surface area contributed by atoms with E-state index in [2.05, 4.69) is 18.3 Å². The van der Waals surface area contributed by atoms with Gasteiger partial charge in [0.25, 0.3) is 5.91 Å². The van der Waals surface area contributed by atoms with E-state index >= 15 is 0 Å². The molecule has 1 amide bonds. The largest absolute Gasteiger partial charge is 0.493 e. The van der Waals surface area contributed by atoms with Crippen molar-refractivity contribution in [2.45, 2.75) is 43.2 Å². The van der Waals surface area contributed by atoms with E-state index in [4.69, 9.17) is 9.47 Å². The Morgan fingerprint density at radius 2 is 2.04 bits per heavy atom. The van der Waals surface area contributed by atoms with Crippen molar-refractivity contribution in [3.63, 3.8) is 0 Å². The molecule has 4 atom stereocenters. The molecule has 0 unspecified atom stereocenters. The minimum atomic E-state index is -0.0432. The highest BCUT2D eigenvalue weighted by atomic mass is 32.2. The Labute approximate surface area is 170 Å². The highest BCUT2D eigenvalue weighted by Crippen LogP contribution is 2.49. The number of ether oxygens (including phenoxy) is 2. The van der Waals surface area contributed by atoms with Crippen LogP contribution in [0.5, 0.6) is 11.5 Å². The Morgan fingerprint density at radius 3 is 2.70 bits per heavy atom. The Bertz CT molecular complexity index is 677. The molecule has 4 rings (SSSR count). The van der Waals surface area contributed by atoms with Crippen molar-refractivity contribution in [2.75, 3.05) is 25.2 Å². The fourth-order valence-electron chi connectivity index (χ4n) is 4.95. The molecule has 1 N–H and O–H groups in total. The normalized spacial score (nSPS) is 28.3. The highest BCUT2D eigenvalue weighted by Gasteiger charge is 2.42. The summed E-state index contributed by atoms with van der Waals surface area (Å²) in [6.45, 7) is 2.18. The Kier molecular flexibility index (Phi) is 6.12. The average Bonchev–Trinajstić information content (AvgIpc) is 3.44. The molecule has 148 valence electrons. The van der Waals surface area contributed by atoms with Crippen LogP contribution >= 0.6 is 23.5 Å². The van der Waals surface area contributed by atoms with Crippen LogP contribution < -0.4 is 14.8 Å². The van der Waals surface area contributed by atoms with Crippen molar-refractivity contribution in [2.24, 2.45) is 17.8 Å². The van der Waals surface area contributed by atoms with Crippen LogP contribution in [0, 0.1) is 17.8 Å². The first-order valence-electron chi connectivity index (χ1n) is 9.97. The molecule has 1 heterocycles. The zero-order valence-corrected chi connectivity index (χ0v) is 17.7. The number of amides is 1. The summed E-state index contributed by atoms with van der Waals surface area (Å²) in [6.07, 6.45) is 5.37. The van der Waals surface area contributed by atoms with Crippen molar-refractivity contribution in [3.8, 4) is 11.5 Å². The molecular weight excluding hydrogens is 378 g/mol. The van der Waals surface area contributed by atoms with Crippen LogP contribution in [-0.4, -0.2) is 37.2 Å². The SMILES string of the molecule is COc1cc(C2SCCS2)ccc1OCC(=O)N[C@@H](C)[C@H]1C[C@H]2CC[C@H]1C2. The van der Waals surface area contributed by atoms with Crippen LogP contribution in [0.2, 0.25) is 0 Å². The second kappa shape index (κ2) is 8.56. The van der Waals surface area contributed by atoms with Gasteiger partial charge in [0, 0.05) is 17.5 Å². The fraction of sp³-hybridized carbons (Fsp3) is 0.667. The molecular formula is C21H29NO3S2. The lowest BCUT2D eigenvalue weighted by Gasteiger charge is -2.28. The van der Waals surface area contributed by atoms with Gasteiger partial charge < -0.3 is 14.8 Å². The topological polar surface area (TPSA) is 47.6 Å². The summed E-state index contributed by atoms with van der Waals surface area (Å²) in [4.78, 5) is 12.4. The highest BCUT2D eigenvalue weighted by molar-refractivity contribution is 8.19. The van der Waals surface area contributed by atoms with Crippen LogP contribution in [0.1, 0.15) is 42.8 Å². The lowest BCUT2D eigenvalue weighted by Crippen LogP contribution is -2.42. The number of rotatable bonds is 7. The molecule has 1 aromatic carbocycles. The van der Waals surface area contributed by atoms with Crippen molar-refractivity contribution in [3.05, 3.63) is 23.8 Å². The minimum Gasteiger partial charge on any atom is -0.493 e. The summed E-state index contributed by atoms with van der Waals surface area (Å²) in [6, 6.07) is 6.29. The second-order valence-corrected chi connectivity index (χ2v) is 10.7. The zero-order chi connectivity index (χ0) is 18.8. The number of carbonyl (C=O) groups excluding carboxylic acids is 1. The van der Waals surface area contributed by atoms with Gasteiger partial charge >= 0.3 is 0 Å². The minimum absolute atomic E-state index is 0.0355. The summed E-state index contributed by atoms with van der Waals surface area (Å²) in [5.74, 6) is 6.03. The zero-order valence-electron chi connectivity index (χ0n) is 16.1. The number of benzene rings is 1. The molecule has 0 aromatic heterocycles. The molecule has 2 bridgehead atoms. The lowest BCUT2D eigenvalue weighted by atomic mass is 9.84. The molecule has 4 nitrogen and oxygen atoms in total. The van der Waals surface area contributed by atoms with Gasteiger partial charge in [-0.2, -0.15) is 0 Å². The first-order chi connectivity index (χ1) is 13.1. The van der Waals surface area contributed by atoms with E-state index in [0.717, 1.165) is 11.8 Å². The quantitative estimate of drug-likeness (QED) is 0.721. The third-order valence-corrected chi connectivity index (χ3v) is 9.37. The van der Waals surface area contributed by atoms with E-state index in [1.54, 1.807) is 7.11 Å². The van der Waals surface area contributed by atoms with Gasteiger partial charge in [-0.25, -0.2) is 0 Å². The number of thioether (sulfide) groups is 2. The van der Waals surface area contributed by atoms with Crippen molar-refractivity contribution in [1.82, 2.24) is 5.32 Å². The van der Waals surface area contributed by atoms with Crippen LogP contribution in [0.3, 0.4) is 0 Å². The van der Waals surface area contributed by atoms with Gasteiger partial charge in [0.15, 0.2) is 18.1 Å². The summed E-state index contributed by atoms with van der Waals surface area (Å²) in [5, 5.41) is 3.16. The predicted molar refractivity (Wildman–Crippen MR) is 113 cm³/mol. The van der Waals surface area contributed by atoms with Gasteiger partial charge in [-0.05, 0) is 61.6 Å². The lowest BCUT2D eigenvalue weighted by molar-refractivity contribution is -0.124. The molecule has 1 aliphatic heterocycles. The van der Waals surface area contributed by atoms with E-state index in [1.807, 2.05) is 35.7 Å². The summed E-state index contributed by atoms with van der Waals surface area (Å²) in [7, 11) is 1.65. The number of hydrogen-bond donors (Lipinski definition) is 1. The fourth-order valence-corrected chi connectivity index (χ4v) is 7.79. The number of methoxy groups -OCH3 is 1. The van der Waals surface area contributed by atoms with Crippen LogP contribution in [0.25, 0.3) is 0 Å². The number of carbonyl (C=O) groups is 1. The standard InChI is InChI=1S/C21H29NO3S2/c1-13(17-10-14-3-4-15(17)9-14)22-20(23)12-25-18-6-5-16(11-19(18)24-2)21-26-7-8-27-21/h5-6,11,13-15,17,21H,3-4,7-10,12H2,1-2H3,(H,22,23)/t13-,14-,15-,17+/m0/s1. The molecule has 27 heavy (non-hydrogen) atoms. The molecule has 0 spiro atoms. The van der Waals surface area contributed by atoms with Gasteiger partial charge in [-0.1, -0.05) is 12.5 Å². The number of hydrogen-bond acceptors (Lipinski definition) is 5. The van der Waals surface area contributed by atoms with Crippen molar-refractivity contribution < 1.29 is 14.3 Å². The first kappa shape index (κ1) is 19.3. The smallest absolute Gasteiger partial charge is 0.258 e. The Balaban J connectivity index is 1.30. The van der Waals surface area contributed by atoms with E-state index in [-0.39, 0.29) is 18.6 Å². The molecule has 3 fully saturated rings. The number of fused-ring (bicyclic) bond motifs is 2. The van der Waals surface area contributed by atoms with Gasteiger partial charge in [0.05, 0.1) is 11.7 Å². The van der Waals surface area contributed by atoms with Gasteiger partial charge in [0.1, 0.15) is 0 Å². The third-order valence-electron chi connectivity index (χ3n) is 6.26. The van der Waals surface area contributed by atoms with Crippen LogP contribution in [0.4, 0.5) is 0 Å². The summed E-state index contributed by atoms with van der Waals surface area (Å²) < 4.78 is 11.8. The van der Waals surface area contributed by atoms with Gasteiger partial charge in [-0.3, -0.25) is 4.79 Å². The molecule has 1 saturated heterocycles. The molecule has 2 aliphatic carbocycles. The summed E-state index contributed by atoms with van der Waals surface area (Å²) >= 11 is 3.93. The van der Waals surface area contributed by atoms with E-state index in [0.29, 0.717) is 22.0 Å². The Morgan fingerprint density at radius 1 is 1.22 bits per heavy atom. The second-order valence-electron chi connectivity index (χ2n) is 7.97. The maximum absolute atomic E-state index is 12.4. The van der Waals surface area contributed by atoms with Crippen molar-refractivity contribution in [1.29, 1.82) is 0 Å². The summed E-state index contributed by atoms with van der Waals surface area (Å²) in [5.41, 5.74) is 1.25. The third kappa shape index (κ3) is 4.37. The monoisotopic (exact) mass is 407 g/mol. The average molecular weight is 408 g/mol. The molecule has 2 saturated carbocycles. The molecule has 3 aliphatic rings. The molecule has 1 aromatic rings. The van der Waals surface area contributed by atoms with Crippen LogP contribution in [0.15, 0.2) is 18.2 Å². The molecule has 6 heteroatoms. The van der Waals surface area contributed by atoms with E-state index < -0.39 is 0 Å². The maximum Gasteiger partial charge on any atom is 0.258 e. The van der Waals surface area contributed by atoms with Gasteiger partial charge in [0.2, 0.25) is 0 Å². The predicted octanol–water partition coefficient (Wildman–Crippen LogP) is 4.49. The molecule has 0 radical (unpaired) electrons. The van der Waals surface area contributed by atoms with Gasteiger partial charge in [-0.15, -0.1) is 23.5 Å². The first-order valence-corrected chi connectivity index (χ1v) is 12.1. The van der Waals surface area contributed by atoms with E-state index in [1.165, 1.54) is 42.8 Å².